The van der Waals surface area contributed by atoms with Crippen molar-refractivity contribution in [3.63, 3.8) is 0 Å². The lowest BCUT2D eigenvalue weighted by Gasteiger charge is -2.24. The summed E-state index contributed by atoms with van der Waals surface area (Å²) in [7, 11) is -3.58. The number of halogens is 1. The molecule has 3 rings (SSSR count). The van der Waals surface area contributed by atoms with Gasteiger partial charge in [-0.05, 0) is 53.7 Å². The minimum Gasteiger partial charge on any atom is -0.352 e. The van der Waals surface area contributed by atoms with Crippen molar-refractivity contribution < 1.29 is 13.2 Å². The maximum absolute atomic E-state index is 12.7. The first kappa shape index (κ1) is 16.4. The molecule has 1 aliphatic heterocycles. The molecule has 0 bridgehead atoms. The molecule has 22 heavy (non-hydrogen) atoms. The zero-order valence-corrected chi connectivity index (χ0v) is 15.3. The maximum Gasteiger partial charge on any atom is 0.253 e. The standard InChI is InChI=1S/C14H19BrN2O3S2/c15-12-7-8-13(21-12)22(19,20)17-9-3-6-11(17)14(18)16-10-4-1-2-5-10/h7-8,10-11H,1-6,9H2,(H,16,18)/t11-/m0/s1. The van der Waals surface area contributed by atoms with Gasteiger partial charge in [0.25, 0.3) is 10.0 Å². The van der Waals surface area contributed by atoms with Gasteiger partial charge in [0.2, 0.25) is 5.91 Å². The summed E-state index contributed by atoms with van der Waals surface area (Å²) < 4.78 is 27.9. The number of hydrogen-bond donors (Lipinski definition) is 1. The van der Waals surface area contributed by atoms with Crippen LogP contribution in [0.15, 0.2) is 20.1 Å². The van der Waals surface area contributed by atoms with Crippen molar-refractivity contribution in [1.29, 1.82) is 0 Å². The maximum atomic E-state index is 12.7. The third-order valence-electron chi connectivity index (χ3n) is 4.32. The van der Waals surface area contributed by atoms with E-state index in [1.54, 1.807) is 12.1 Å². The molecule has 5 nitrogen and oxygen atoms in total. The monoisotopic (exact) mass is 406 g/mol. The van der Waals surface area contributed by atoms with Crippen molar-refractivity contribution in [2.45, 2.75) is 54.8 Å². The fourth-order valence-corrected chi connectivity index (χ4v) is 7.00. The Labute approximate surface area is 143 Å². The predicted octanol–water partition coefficient (Wildman–Crippen LogP) is 2.72. The topological polar surface area (TPSA) is 66.5 Å². The van der Waals surface area contributed by atoms with E-state index < -0.39 is 16.1 Å². The summed E-state index contributed by atoms with van der Waals surface area (Å²) in [6.45, 7) is 0.417. The highest BCUT2D eigenvalue weighted by atomic mass is 79.9. The van der Waals surface area contributed by atoms with E-state index in [1.807, 2.05) is 0 Å². The summed E-state index contributed by atoms with van der Waals surface area (Å²) in [5.74, 6) is -0.136. The Balaban J connectivity index is 1.76. The molecule has 122 valence electrons. The van der Waals surface area contributed by atoms with Crippen molar-refractivity contribution in [2.75, 3.05) is 6.54 Å². The Morgan fingerprint density at radius 1 is 1.23 bits per heavy atom. The van der Waals surface area contributed by atoms with Crippen LogP contribution in [-0.2, 0) is 14.8 Å². The molecule has 0 spiro atoms. The zero-order chi connectivity index (χ0) is 15.7. The summed E-state index contributed by atoms with van der Waals surface area (Å²) in [6.07, 6.45) is 5.62. The molecule has 2 aliphatic rings. The normalized spacial score (nSPS) is 24.0. The number of nitrogens with zero attached hydrogens (tertiary/aromatic N) is 1. The van der Waals surface area contributed by atoms with Gasteiger partial charge in [-0.2, -0.15) is 4.31 Å². The number of thiophene rings is 1. The van der Waals surface area contributed by atoms with Crippen molar-refractivity contribution in [2.24, 2.45) is 0 Å². The second-order valence-corrected chi connectivity index (χ2v) is 10.4. The van der Waals surface area contributed by atoms with Gasteiger partial charge in [0.15, 0.2) is 0 Å². The number of sulfonamides is 1. The van der Waals surface area contributed by atoms with Crippen molar-refractivity contribution >= 4 is 43.2 Å². The number of nitrogens with one attached hydrogen (secondary N) is 1. The molecule has 1 aromatic heterocycles. The molecule has 1 N–H and O–H groups in total. The third-order valence-corrected chi connectivity index (χ3v) is 8.32. The lowest BCUT2D eigenvalue weighted by atomic mass is 10.2. The van der Waals surface area contributed by atoms with Crippen LogP contribution in [0.25, 0.3) is 0 Å². The van der Waals surface area contributed by atoms with Crippen LogP contribution in [0.5, 0.6) is 0 Å². The molecule has 2 fully saturated rings. The summed E-state index contributed by atoms with van der Waals surface area (Å²) in [4.78, 5) is 12.5. The van der Waals surface area contributed by atoms with Crippen LogP contribution in [0.1, 0.15) is 38.5 Å². The van der Waals surface area contributed by atoms with Gasteiger partial charge < -0.3 is 5.32 Å². The quantitative estimate of drug-likeness (QED) is 0.835. The molecule has 1 atom stereocenters. The molecule has 8 heteroatoms. The first-order chi connectivity index (χ1) is 10.5. The molecular weight excluding hydrogens is 388 g/mol. The van der Waals surface area contributed by atoms with E-state index in [2.05, 4.69) is 21.2 Å². The largest absolute Gasteiger partial charge is 0.352 e. The molecule has 1 amide bonds. The Morgan fingerprint density at radius 3 is 2.59 bits per heavy atom. The highest BCUT2D eigenvalue weighted by molar-refractivity contribution is 9.11. The molecule has 2 heterocycles. The van der Waals surface area contributed by atoms with Gasteiger partial charge in [-0.1, -0.05) is 12.8 Å². The minimum absolute atomic E-state index is 0.136. The summed E-state index contributed by atoms with van der Waals surface area (Å²) in [5, 5.41) is 3.03. The Kier molecular flexibility index (Phi) is 4.92. The van der Waals surface area contributed by atoms with E-state index >= 15 is 0 Å². The number of hydrogen-bond acceptors (Lipinski definition) is 4. The highest BCUT2D eigenvalue weighted by Crippen LogP contribution is 2.32. The van der Waals surface area contributed by atoms with Crippen LogP contribution in [-0.4, -0.2) is 37.3 Å². The Bertz CT molecular complexity index is 653. The predicted molar refractivity (Wildman–Crippen MR) is 89.3 cm³/mol. The van der Waals surface area contributed by atoms with Gasteiger partial charge in [0.05, 0.1) is 3.79 Å². The average Bonchev–Trinajstić information content (AvgIpc) is 3.18. The second-order valence-electron chi connectivity index (χ2n) is 5.82. The number of rotatable bonds is 4. The van der Waals surface area contributed by atoms with Gasteiger partial charge >= 0.3 is 0 Å². The molecular formula is C14H19BrN2O3S2. The van der Waals surface area contributed by atoms with Gasteiger partial charge in [-0.15, -0.1) is 11.3 Å². The number of amides is 1. The van der Waals surface area contributed by atoms with Crippen molar-refractivity contribution in [3.8, 4) is 0 Å². The van der Waals surface area contributed by atoms with Crippen LogP contribution in [0.3, 0.4) is 0 Å². The zero-order valence-electron chi connectivity index (χ0n) is 12.1. The number of carbonyl (C=O) groups excluding carboxylic acids is 1. The fourth-order valence-electron chi connectivity index (χ4n) is 3.21. The minimum atomic E-state index is -3.58. The van der Waals surface area contributed by atoms with Gasteiger partial charge in [-0.3, -0.25) is 4.79 Å². The Morgan fingerprint density at radius 2 is 1.95 bits per heavy atom. The van der Waals surface area contributed by atoms with Crippen LogP contribution in [0, 0.1) is 0 Å². The third kappa shape index (κ3) is 3.25. The number of carbonyl (C=O) groups is 1. The Hall–Kier alpha value is -0.440. The van der Waals surface area contributed by atoms with Crippen LogP contribution >= 0.6 is 27.3 Å². The van der Waals surface area contributed by atoms with Gasteiger partial charge in [0, 0.05) is 12.6 Å². The van der Waals surface area contributed by atoms with E-state index in [4.69, 9.17) is 0 Å². The fraction of sp³-hybridized carbons (Fsp3) is 0.643. The summed E-state index contributed by atoms with van der Waals surface area (Å²) in [6, 6.07) is 2.97. The second kappa shape index (κ2) is 6.59. The first-order valence-electron chi connectivity index (χ1n) is 7.56. The molecule has 1 saturated heterocycles. The van der Waals surface area contributed by atoms with E-state index in [0.29, 0.717) is 17.2 Å². The van der Waals surface area contributed by atoms with Crippen molar-refractivity contribution in [3.05, 3.63) is 15.9 Å². The molecule has 0 radical (unpaired) electrons. The van der Waals surface area contributed by atoms with E-state index in [-0.39, 0.29) is 11.9 Å². The van der Waals surface area contributed by atoms with Gasteiger partial charge in [-0.25, -0.2) is 8.42 Å². The first-order valence-corrected chi connectivity index (χ1v) is 10.6. The molecule has 1 aromatic rings. The van der Waals surface area contributed by atoms with Crippen LogP contribution in [0.4, 0.5) is 0 Å². The van der Waals surface area contributed by atoms with E-state index in [0.717, 1.165) is 35.9 Å². The van der Waals surface area contributed by atoms with Crippen LogP contribution in [0.2, 0.25) is 0 Å². The molecule has 1 saturated carbocycles. The smallest absolute Gasteiger partial charge is 0.253 e. The highest BCUT2D eigenvalue weighted by Gasteiger charge is 2.40. The van der Waals surface area contributed by atoms with E-state index in [9.17, 15) is 13.2 Å². The van der Waals surface area contributed by atoms with Crippen molar-refractivity contribution in [1.82, 2.24) is 9.62 Å². The van der Waals surface area contributed by atoms with Crippen LogP contribution < -0.4 is 5.32 Å². The van der Waals surface area contributed by atoms with Gasteiger partial charge in [0.1, 0.15) is 10.3 Å². The summed E-state index contributed by atoms with van der Waals surface area (Å²) in [5.41, 5.74) is 0. The summed E-state index contributed by atoms with van der Waals surface area (Å²) >= 11 is 4.48. The lowest BCUT2D eigenvalue weighted by Crippen LogP contribution is -2.48. The molecule has 1 aliphatic carbocycles. The van der Waals surface area contributed by atoms with E-state index in [1.165, 1.54) is 15.6 Å². The molecule has 0 aromatic carbocycles. The molecule has 0 unspecified atom stereocenters. The lowest BCUT2D eigenvalue weighted by molar-refractivity contribution is -0.124. The average molecular weight is 407 g/mol. The SMILES string of the molecule is O=C(NC1CCCC1)[C@@H]1CCCN1S(=O)(=O)c1ccc(Br)s1.